The van der Waals surface area contributed by atoms with Crippen LogP contribution in [0, 0.1) is 3.57 Å². The van der Waals surface area contributed by atoms with Gasteiger partial charge in [-0.3, -0.25) is 0 Å². The molecule has 8 heteroatoms. The number of nitrogens with zero attached hydrogens (tertiary/aromatic N) is 2. The van der Waals surface area contributed by atoms with E-state index in [4.69, 9.17) is 0 Å². The van der Waals surface area contributed by atoms with E-state index in [0.717, 1.165) is 27.2 Å². The van der Waals surface area contributed by atoms with Crippen LogP contribution in [0.2, 0.25) is 0 Å². The first-order chi connectivity index (χ1) is 11.9. The summed E-state index contributed by atoms with van der Waals surface area (Å²) in [6.45, 7) is 0. The summed E-state index contributed by atoms with van der Waals surface area (Å²) < 4.78 is 40.7. The van der Waals surface area contributed by atoms with Gasteiger partial charge in [0.1, 0.15) is 10.6 Å². The molecule has 128 valence electrons. The second-order valence-electron chi connectivity index (χ2n) is 4.93. The maximum Gasteiger partial charge on any atom is 0.420 e. The highest BCUT2D eigenvalue weighted by Gasteiger charge is 2.35. The van der Waals surface area contributed by atoms with Crippen molar-refractivity contribution in [2.24, 2.45) is 0 Å². The Balaban J connectivity index is 1.96. The number of aromatic nitrogens is 2. The third-order valence-electron chi connectivity index (χ3n) is 3.14. The van der Waals surface area contributed by atoms with E-state index < -0.39 is 11.7 Å². The second-order valence-corrected chi connectivity index (χ2v) is 7.15. The van der Waals surface area contributed by atoms with Crippen LogP contribution in [-0.4, -0.2) is 9.97 Å². The summed E-state index contributed by atoms with van der Waals surface area (Å²) in [6, 6.07) is 16.2. The standard InChI is InChI=1S/C17H11F3IN3S/c18-17(19,20)12-10-22-16(23-14-9-5-4-8-13(14)21)24-15(12)25-11-6-2-1-3-7-11/h1-10H,(H,22,23,24). The molecule has 2 aromatic carbocycles. The summed E-state index contributed by atoms with van der Waals surface area (Å²) in [5.41, 5.74) is -0.117. The fraction of sp³-hybridized carbons (Fsp3) is 0.0588. The normalized spacial score (nSPS) is 11.4. The first-order valence-electron chi connectivity index (χ1n) is 7.12. The van der Waals surface area contributed by atoms with E-state index in [9.17, 15) is 13.2 Å². The number of hydrogen-bond donors (Lipinski definition) is 1. The van der Waals surface area contributed by atoms with Crippen LogP contribution >= 0.6 is 34.4 Å². The maximum absolute atomic E-state index is 13.3. The predicted octanol–water partition coefficient (Wildman–Crippen LogP) is 5.99. The zero-order chi connectivity index (χ0) is 17.9. The maximum atomic E-state index is 13.3. The lowest BCUT2D eigenvalue weighted by atomic mass is 10.3. The zero-order valence-corrected chi connectivity index (χ0v) is 15.6. The van der Waals surface area contributed by atoms with Crippen LogP contribution < -0.4 is 5.32 Å². The van der Waals surface area contributed by atoms with Crippen LogP contribution in [0.4, 0.5) is 24.8 Å². The molecule has 1 heterocycles. The minimum atomic E-state index is -4.52. The Bertz CT molecular complexity index is 873. The van der Waals surface area contributed by atoms with E-state index in [0.29, 0.717) is 4.90 Å². The van der Waals surface area contributed by atoms with Gasteiger partial charge in [0.2, 0.25) is 5.95 Å². The third-order valence-corrected chi connectivity index (χ3v) is 5.09. The molecular weight excluding hydrogens is 462 g/mol. The molecule has 0 bridgehead atoms. The van der Waals surface area contributed by atoms with Crippen LogP contribution in [0.3, 0.4) is 0 Å². The molecule has 0 fully saturated rings. The smallest absolute Gasteiger partial charge is 0.323 e. The molecule has 3 aromatic rings. The van der Waals surface area contributed by atoms with Crippen molar-refractivity contribution >= 4 is 46.0 Å². The molecule has 0 aliphatic heterocycles. The van der Waals surface area contributed by atoms with Crippen LogP contribution in [-0.2, 0) is 6.18 Å². The molecule has 3 rings (SSSR count). The number of nitrogens with one attached hydrogen (secondary N) is 1. The molecule has 0 aliphatic rings. The Morgan fingerprint density at radius 1 is 0.960 bits per heavy atom. The van der Waals surface area contributed by atoms with E-state index in [-0.39, 0.29) is 11.0 Å². The first kappa shape index (κ1) is 18.0. The van der Waals surface area contributed by atoms with Gasteiger partial charge in [-0.1, -0.05) is 42.1 Å². The monoisotopic (exact) mass is 473 g/mol. The summed E-state index contributed by atoms with van der Waals surface area (Å²) in [5.74, 6) is 0.121. The molecule has 0 saturated heterocycles. The van der Waals surface area contributed by atoms with Gasteiger partial charge in [-0.25, -0.2) is 9.97 Å². The number of rotatable bonds is 4. The molecule has 3 nitrogen and oxygen atoms in total. The third kappa shape index (κ3) is 4.63. The minimum Gasteiger partial charge on any atom is -0.323 e. The molecule has 25 heavy (non-hydrogen) atoms. The van der Waals surface area contributed by atoms with Crippen LogP contribution in [0.15, 0.2) is 70.7 Å². The topological polar surface area (TPSA) is 37.8 Å². The Morgan fingerprint density at radius 2 is 1.64 bits per heavy atom. The fourth-order valence-corrected chi connectivity index (χ4v) is 3.43. The van der Waals surface area contributed by atoms with Gasteiger partial charge < -0.3 is 5.32 Å². The van der Waals surface area contributed by atoms with Gasteiger partial charge in [0.15, 0.2) is 0 Å². The summed E-state index contributed by atoms with van der Waals surface area (Å²) in [5, 5.41) is 2.83. The Morgan fingerprint density at radius 3 is 2.32 bits per heavy atom. The highest BCUT2D eigenvalue weighted by molar-refractivity contribution is 14.1. The number of para-hydroxylation sites is 1. The molecule has 0 radical (unpaired) electrons. The molecule has 1 N–H and O–H groups in total. The lowest BCUT2D eigenvalue weighted by Crippen LogP contribution is -2.10. The molecule has 0 saturated carbocycles. The molecular formula is C17H11F3IN3S. The van der Waals surface area contributed by atoms with Crippen LogP contribution in [0.1, 0.15) is 5.56 Å². The summed E-state index contributed by atoms with van der Waals surface area (Å²) in [4.78, 5) is 8.59. The largest absolute Gasteiger partial charge is 0.420 e. The van der Waals surface area contributed by atoms with Crippen molar-refractivity contribution < 1.29 is 13.2 Å². The van der Waals surface area contributed by atoms with Gasteiger partial charge in [0.05, 0.1) is 5.69 Å². The van der Waals surface area contributed by atoms with Crippen molar-refractivity contribution in [2.75, 3.05) is 5.32 Å². The SMILES string of the molecule is FC(F)(F)c1cnc(Nc2ccccc2I)nc1Sc1ccccc1. The Labute approximate surface area is 160 Å². The Kier molecular flexibility index (Phi) is 5.48. The van der Waals surface area contributed by atoms with Crippen molar-refractivity contribution in [3.63, 3.8) is 0 Å². The predicted molar refractivity (Wildman–Crippen MR) is 100 cm³/mol. The van der Waals surface area contributed by atoms with Crippen molar-refractivity contribution in [1.82, 2.24) is 9.97 Å². The highest BCUT2D eigenvalue weighted by atomic mass is 127. The number of halogens is 4. The number of anilines is 2. The van der Waals surface area contributed by atoms with E-state index in [1.807, 2.05) is 24.3 Å². The molecule has 0 spiro atoms. The van der Waals surface area contributed by atoms with Gasteiger partial charge in [-0.05, 0) is 46.9 Å². The molecule has 0 atom stereocenters. The van der Waals surface area contributed by atoms with Gasteiger partial charge in [-0.15, -0.1) is 0 Å². The number of hydrogen-bond acceptors (Lipinski definition) is 4. The Hall–Kier alpha value is -1.81. The van der Waals surface area contributed by atoms with E-state index in [1.165, 1.54) is 0 Å². The summed E-state index contributed by atoms with van der Waals surface area (Å²) in [6.07, 6.45) is -3.70. The quantitative estimate of drug-likeness (QED) is 0.373. The lowest BCUT2D eigenvalue weighted by Gasteiger charge is -2.13. The van der Waals surface area contributed by atoms with Gasteiger partial charge >= 0.3 is 6.18 Å². The lowest BCUT2D eigenvalue weighted by molar-refractivity contribution is -0.140. The van der Waals surface area contributed by atoms with E-state index >= 15 is 0 Å². The van der Waals surface area contributed by atoms with Gasteiger partial charge in [0.25, 0.3) is 0 Å². The number of benzene rings is 2. The zero-order valence-electron chi connectivity index (χ0n) is 12.6. The van der Waals surface area contributed by atoms with Crippen molar-refractivity contribution in [3.8, 4) is 0 Å². The van der Waals surface area contributed by atoms with E-state index in [2.05, 4.69) is 37.9 Å². The molecule has 0 unspecified atom stereocenters. The van der Waals surface area contributed by atoms with Crippen LogP contribution in [0.5, 0.6) is 0 Å². The van der Waals surface area contributed by atoms with E-state index in [1.54, 1.807) is 30.3 Å². The fourth-order valence-electron chi connectivity index (χ4n) is 1.98. The average Bonchev–Trinajstić information content (AvgIpc) is 2.57. The minimum absolute atomic E-state index is 0.121. The highest BCUT2D eigenvalue weighted by Crippen LogP contribution is 2.38. The first-order valence-corrected chi connectivity index (χ1v) is 9.02. The van der Waals surface area contributed by atoms with Gasteiger partial charge in [0, 0.05) is 14.7 Å². The summed E-state index contributed by atoms with van der Waals surface area (Å²) in [7, 11) is 0. The van der Waals surface area contributed by atoms with Gasteiger partial charge in [-0.2, -0.15) is 13.2 Å². The number of alkyl halides is 3. The summed E-state index contributed by atoms with van der Waals surface area (Å²) >= 11 is 3.09. The van der Waals surface area contributed by atoms with Crippen molar-refractivity contribution in [2.45, 2.75) is 16.1 Å². The second kappa shape index (κ2) is 7.61. The van der Waals surface area contributed by atoms with Crippen molar-refractivity contribution in [3.05, 3.63) is 69.9 Å². The molecule has 0 amide bonds. The van der Waals surface area contributed by atoms with Crippen LogP contribution in [0.25, 0.3) is 0 Å². The molecule has 1 aromatic heterocycles. The van der Waals surface area contributed by atoms with Crippen molar-refractivity contribution in [1.29, 1.82) is 0 Å². The molecule has 0 aliphatic carbocycles. The average molecular weight is 473 g/mol.